The minimum Gasteiger partial charge on any atom is -0.452 e. The maximum Gasteiger partial charge on any atom is 0.179 e. The highest BCUT2D eigenvalue weighted by molar-refractivity contribution is 6.33. The van der Waals surface area contributed by atoms with Gasteiger partial charge in [0.25, 0.3) is 0 Å². The van der Waals surface area contributed by atoms with E-state index in [-0.39, 0.29) is 0 Å². The Hall–Kier alpha value is -4.04. The Kier molecular flexibility index (Phi) is 3.03. The number of para-hydroxylation sites is 1. The molecule has 2 aromatic heterocycles. The van der Waals surface area contributed by atoms with Crippen LogP contribution in [0.15, 0.2) is 106 Å². The molecule has 0 fully saturated rings. The number of furan rings is 2. The van der Waals surface area contributed by atoms with E-state index in [1.807, 2.05) is 18.2 Å². The van der Waals surface area contributed by atoms with E-state index in [0.717, 1.165) is 43.9 Å². The molecule has 2 heterocycles. The number of benzene rings is 5. The summed E-state index contributed by atoms with van der Waals surface area (Å²) >= 11 is 0. The second-order valence-electron chi connectivity index (χ2n) is 7.73. The van der Waals surface area contributed by atoms with E-state index in [2.05, 4.69) is 78.9 Å². The van der Waals surface area contributed by atoms with Gasteiger partial charge < -0.3 is 8.83 Å². The SMILES string of the molecule is c1ccc(-c2ccc3oc4c5oc6ccccc6c5c5ccccc5c4c3c2)cc1. The molecule has 0 saturated heterocycles. The quantitative estimate of drug-likeness (QED) is 0.284. The number of hydrogen-bond acceptors (Lipinski definition) is 2. The fraction of sp³-hybridized carbons (Fsp3) is 0. The molecule has 0 atom stereocenters. The van der Waals surface area contributed by atoms with Crippen molar-refractivity contribution in [3.63, 3.8) is 0 Å². The minimum absolute atomic E-state index is 0.820. The third kappa shape index (κ3) is 2.03. The Morgan fingerprint density at radius 1 is 0.400 bits per heavy atom. The van der Waals surface area contributed by atoms with Gasteiger partial charge in [0.05, 0.1) is 0 Å². The van der Waals surface area contributed by atoms with E-state index >= 15 is 0 Å². The van der Waals surface area contributed by atoms with Crippen LogP contribution < -0.4 is 0 Å². The zero-order chi connectivity index (χ0) is 19.7. The van der Waals surface area contributed by atoms with Gasteiger partial charge in [-0.25, -0.2) is 0 Å². The Bertz CT molecular complexity index is 1730. The molecule has 0 bridgehead atoms. The smallest absolute Gasteiger partial charge is 0.179 e. The summed E-state index contributed by atoms with van der Waals surface area (Å²) in [6.07, 6.45) is 0. The third-order valence-electron chi connectivity index (χ3n) is 6.06. The Morgan fingerprint density at radius 2 is 0.967 bits per heavy atom. The highest BCUT2D eigenvalue weighted by Gasteiger charge is 2.20. The van der Waals surface area contributed by atoms with Crippen molar-refractivity contribution in [1.29, 1.82) is 0 Å². The van der Waals surface area contributed by atoms with Crippen LogP contribution in [0.5, 0.6) is 0 Å². The molecule has 30 heavy (non-hydrogen) atoms. The lowest BCUT2D eigenvalue weighted by Crippen LogP contribution is -1.79. The number of fused-ring (bicyclic) bond motifs is 10. The highest BCUT2D eigenvalue weighted by atomic mass is 16.4. The molecular weight excluding hydrogens is 368 g/mol. The lowest BCUT2D eigenvalue weighted by molar-refractivity contribution is 0.633. The van der Waals surface area contributed by atoms with Crippen molar-refractivity contribution in [1.82, 2.24) is 0 Å². The molecule has 0 aliphatic rings. The highest BCUT2D eigenvalue weighted by Crippen LogP contribution is 2.45. The second kappa shape index (κ2) is 5.74. The maximum absolute atomic E-state index is 6.40. The lowest BCUT2D eigenvalue weighted by atomic mass is 9.97. The molecular formula is C28H16O2. The lowest BCUT2D eigenvalue weighted by Gasteiger charge is -2.03. The average Bonchev–Trinajstić information content (AvgIpc) is 3.38. The number of rotatable bonds is 1. The Labute approximate surface area is 171 Å². The molecule has 7 rings (SSSR count). The zero-order valence-corrected chi connectivity index (χ0v) is 16.1. The first kappa shape index (κ1) is 15.8. The van der Waals surface area contributed by atoms with E-state index in [9.17, 15) is 0 Å². The van der Waals surface area contributed by atoms with Crippen LogP contribution in [0.2, 0.25) is 0 Å². The molecule has 0 unspecified atom stereocenters. The summed E-state index contributed by atoms with van der Waals surface area (Å²) < 4.78 is 12.7. The van der Waals surface area contributed by atoms with E-state index < -0.39 is 0 Å². The van der Waals surface area contributed by atoms with Crippen LogP contribution in [0.4, 0.5) is 0 Å². The zero-order valence-electron chi connectivity index (χ0n) is 16.1. The summed E-state index contributed by atoms with van der Waals surface area (Å²) in [5.41, 5.74) is 5.78. The van der Waals surface area contributed by atoms with Gasteiger partial charge in [-0.2, -0.15) is 0 Å². The molecule has 2 heteroatoms. The van der Waals surface area contributed by atoms with Gasteiger partial charge in [0.15, 0.2) is 11.2 Å². The predicted octanol–water partition coefficient (Wildman–Crippen LogP) is 8.31. The van der Waals surface area contributed by atoms with Crippen molar-refractivity contribution < 1.29 is 8.83 Å². The molecule has 0 spiro atoms. The molecule has 0 radical (unpaired) electrons. The van der Waals surface area contributed by atoms with E-state index in [0.29, 0.717) is 0 Å². The molecule has 0 N–H and O–H groups in total. The van der Waals surface area contributed by atoms with Gasteiger partial charge in [-0.05, 0) is 40.1 Å². The van der Waals surface area contributed by atoms with E-state index in [1.54, 1.807) is 0 Å². The second-order valence-corrected chi connectivity index (χ2v) is 7.73. The van der Waals surface area contributed by atoms with Gasteiger partial charge >= 0.3 is 0 Å². The van der Waals surface area contributed by atoms with Crippen molar-refractivity contribution in [3.05, 3.63) is 97.1 Å². The Morgan fingerprint density at radius 3 is 1.70 bits per heavy atom. The monoisotopic (exact) mass is 384 g/mol. The van der Waals surface area contributed by atoms with Gasteiger partial charge in [0.2, 0.25) is 0 Å². The molecule has 5 aromatic carbocycles. The van der Waals surface area contributed by atoms with Crippen molar-refractivity contribution in [2.75, 3.05) is 0 Å². The predicted molar refractivity (Wildman–Crippen MR) is 124 cm³/mol. The van der Waals surface area contributed by atoms with Gasteiger partial charge in [-0.3, -0.25) is 0 Å². The van der Waals surface area contributed by atoms with Crippen molar-refractivity contribution >= 4 is 54.6 Å². The average molecular weight is 384 g/mol. The van der Waals surface area contributed by atoms with E-state index in [4.69, 9.17) is 8.83 Å². The summed E-state index contributed by atoms with van der Waals surface area (Å²) in [6.45, 7) is 0. The summed E-state index contributed by atoms with van der Waals surface area (Å²) in [5.74, 6) is 0. The van der Waals surface area contributed by atoms with Crippen LogP contribution in [0.25, 0.3) is 65.8 Å². The fourth-order valence-electron chi connectivity index (χ4n) is 4.73. The van der Waals surface area contributed by atoms with Crippen molar-refractivity contribution in [2.24, 2.45) is 0 Å². The van der Waals surface area contributed by atoms with Crippen LogP contribution in [-0.2, 0) is 0 Å². The van der Waals surface area contributed by atoms with Crippen LogP contribution in [0.1, 0.15) is 0 Å². The summed E-state index contributed by atoms with van der Waals surface area (Å²) in [6, 6.07) is 33.6. The van der Waals surface area contributed by atoms with Crippen molar-refractivity contribution in [2.45, 2.75) is 0 Å². The largest absolute Gasteiger partial charge is 0.452 e. The van der Waals surface area contributed by atoms with Crippen LogP contribution in [0, 0.1) is 0 Å². The molecule has 2 nitrogen and oxygen atoms in total. The standard InChI is InChI=1S/C28H16O2/c1-2-8-17(9-3-1)18-14-15-24-22(16-18)26-20-11-5-4-10-19(20)25-21-12-6-7-13-23(21)29-27(25)28(26)30-24/h1-16H. The van der Waals surface area contributed by atoms with Gasteiger partial charge in [-0.15, -0.1) is 0 Å². The van der Waals surface area contributed by atoms with Gasteiger partial charge in [0, 0.05) is 21.5 Å². The summed E-state index contributed by atoms with van der Waals surface area (Å²) in [5, 5.41) is 6.86. The molecule has 140 valence electrons. The summed E-state index contributed by atoms with van der Waals surface area (Å²) in [7, 11) is 0. The molecule has 0 aliphatic heterocycles. The van der Waals surface area contributed by atoms with Gasteiger partial charge in [0.1, 0.15) is 11.2 Å². The molecule has 7 aromatic rings. The number of hydrogen-bond donors (Lipinski definition) is 0. The van der Waals surface area contributed by atoms with E-state index in [1.165, 1.54) is 21.9 Å². The topological polar surface area (TPSA) is 26.3 Å². The Balaban J connectivity index is 1.72. The maximum atomic E-state index is 6.40. The molecule has 0 saturated carbocycles. The molecule has 0 amide bonds. The first-order chi connectivity index (χ1) is 14.9. The fourth-order valence-corrected chi connectivity index (χ4v) is 4.73. The van der Waals surface area contributed by atoms with Gasteiger partial charge in [-0.1, -0.05) is 78.9 Å². The minimum atomic E-state index is 0.820. The first-order valence-electron chi connectivity index (χ1n) is 10.1. The normalized spacial score (nSPS) is 12.0. The molecule has 0 aliphatic carbocycles. The first-order valence-corrected chi connectivity index (χ1v) is 10.1. The third-order valence-corrected chi connectivity index (χ3v) is 6.06. The summed E-state index contributed by atoms with van der Waals surface area (Å²) in [4.78, 5) is 0. The van der Waals surface area contributed by atoms with Crippen molar-refractivity contribution in [3.8, 4) is 11.1 Å². The van der Waals surface area contributed by atoms with Crippen LogP contribution in [0.3, 0.4) is 0 Å². The van der Waals surface area contributed by atoms with Crippen LogP contribution in [-0.4, -0.2) is 0 Å². The van der Waals surface area contributed by atoms with Crippen LogP contribution >= 0.6 is 0 Å².